The summed E-state index contributed by atoms with van der Waals surface area (Å²) >= 11 is 1.21. The average molecular weight is 294 g/mol. The molecule has 8 heteroatoms. The van der Waals surface area contributed by atoms with E-state index in [9.17, 15) is 13.2 Å². The number of nitrogens with one attached hydrogen (secondary N) is 1. The third-order valence-corrected chi connectivity index (χ3v) is 3.46. The van der Waals surface area contributed by atoms with Gasteiger partial charge in [0, 0.05) is 11.3 Å². The van der Waals surface area contributed by atoms with Crippen LogP contribution in [0, 0.1) is 6.92 Å². The number of hydroxylamine groups is 1. The van der Waals surface area contributed by atoms with Crippen LogP contribution in [-0.4, -0.2) is 10.8 Å². The molecule has 0 aliphatic carbocycles. The normalized spacial score (nSPS) is 18.3. The summed E-state index contributed by atoms with van der Waals surface area (Å²) in [6.07, 6.45) is -2.69. The largest absolute Gasteiger partial charge is 0.437 e. The molecular weight excluding hydrogens is 281 g/mol. The zero-order valence-corrected chi connectivity index (χ0v) is 11.4. The number of thioether (sulfide) groups is 1. The highest BCUT2D eigenvalue weighted by atomic mass is 32.2. The van der Waals surface area contributed by atoms with Gasteiger partial charge >= 0.3 is 6.18 Å². The summed E-state index contributed by atoms with van der Waals surface area (Å²) in [4.78, 5) is 5.23. The van der Waals surface area contributed by atoms with Crippen molar-refractivity contribution < 1.29 is 22.5 Å². The first-order chi connectivity index (χ1) is 8.69. The van der Waals surface area contributed by atoms with Crippen molar-refractivity contribution in [3.63, 3.8) is 0 Å². The average Bonchev–Trinajstić information content (AvgIpc) is 2.78. The first-order valence-electron chi connectivity index (χ1n) is 5.51. The first-order valence-corrected chi connectivity index (χ1v) is 6.49. The third-order valence-electron chi connectivity index (χ3n) is 2.52. The summed E-state index contributed by atoms with van der Waals surface area (Å²) in [5.41, 5.74) is 1.32. The topological polar surface area (TPSA) is 47.3 Å². The zero-order chi connectivity index (χ0) is 14.3. The molecule has 0 radical (unpaired) electrons. The molecule has 1 aliphatic rings. The Hall–Kier alpha value is -1.15. The molecule has 2 rings (SSSR count). The van der Waals surface area contributed by atoms with E-state index in [4.69, 9.17) is 4.84 Å². The molecule has 1 aliphatic heterocycles. The lowest BCUT2D eigenvalue weighted by Crippen LogP contribution is -2.20. The van der Waals surface area contributed by atoms with E-state index in [1.54, 1.807) is 0 Å². The predicted molar refractivity (Wildman–Crippen MR) is 63.9 cm³/mol. The maximum Gasteiger partial charge on any atom is 0.437 e. The molecule has 1 N–H and O–H groups in total. The molecule has 0 unspecified atom stereocenters. The van der Waals surface area contributed by atoms with Crippen LogP contribution < -0.4 is 5.48 Å². The smallest absolute Gasteiger partial charge is 0.361 e. The lowest BCUT2D eigenvalue weighted by Gasteiger charge is -2.11. The van der Waals surface area contributed by atoms with E-state index in [-0.39, 0.29) is 17.1 Å². The van der Waals surface area contributed by atoms with Gasteiger partial charge in [0.15, 0.2) is 5.69 Å². The number of aryl methyl sites for hydroxylation is 1. The zero-order valence-electron chi connectivity index (χ0n) is 10.6. The highest BCUT2D eigenvalue weighted by Crippen LogP contribution is 2.36. The Morgan fingerprint density at radius 1 is 1.42 bits per heavy atom. The van der Waals surface area contributed by atoms with E-state index in [0.717, 1.165) is 0 Å². The van der Waals surface area contributed by atoms with Crippen molar-refractivity contribution in [2.24, 2.45) is 0 Å². The first kappa shape index (κ1) is 14.3. The molecule has 0 aromatic carbocycles. The van der Waals surface area contributed by atoms with E-state index in [2.05, 4.69) is 15.2 Å². The maximum atomic E-state index is 12.7. The number of rotatable bonds is 3. The van der Waals surface area contributed by atoms with Gasteiger partial charge in [-0.25, -0.2) is 0 Å². The van der Waals surface area contributed by atoms with Gasteiger partial charge in [0.2, 0.25) is 0 Å². The van der Waals surface area contributed by atoms with Crippen LogP contribution in [0.2, 0.25) is 0 Å². The second-order valence-corrected chi connectivity index (χ2v) is 5.69. The van der Waals surface area contributed by atoms with Crippen molar-refractivity contribution >= 4 is 11.8 Å². The molecule has 4 nitrogen and oxygen atoms in total. The van der Waals surface area contributed by atoms with Gasteiger partial charge in [0.05, 0.1) is 5.03 Å². The number of nitrogens with zero attached hydrogens (tertiary/aromatic N) is 1. The molecular formula is C11H13F3N2O2S. The fourth-order valence-corrected chi connectivity index (χ4v) is 2.67. The molecule has 1 aromatic heterocycles. The fraction of sp³-hybridized carbons (Fsp3) is 0.545. The lowest BCUT2D eigenvalue weighted by atomic mass is 10.1. The molecule has 0 atom stereocenters. The summed E-state index contributed by atoms with van der Waals surface area (Å²) in [5.74, 6) is 0.293. The highest BCUT2D eigenvalue weighted by molar-refractivity contribution is 8.02. The van der Waals surface area contributed by atoms with Crippen LogP contribution in [0.25, 0.3) is 0 Å². The Bertz CT molecular complexity index is 509. The minimum atomic E-state index is -4.50. The van der Waals surface area contributed by atoms with E-state index in [1.807, 2.05) is 19.9 Å². The second-order valence-electron chi connectivity index (χ2n) is 4.67. The van der Waals surface area contributed by atoms with Gasteiger partial charge in [-0.2, -0.15) is 13.2 Å². The fourth-order valence-electron chi connectivity index (χ4n) is 1.56. The predicted octanol–water partition coefficient (Wildman–Crippen LogP) is 3.39. The van der Waals surface area contributed by atoms with Crippen molar-refractivity contribution in [3.05, 3.63) is 28.1 Å². The Kier molecular flexibility index (Phi) is 3.57. The minimum Gasteiger partial charge on any atom is -0.361 e. The Morgan fingerprint density at radius 2 is 2.11 bits per heavy atom. The van der Waals surface area contributed by atoms with Gasteiger partial charge in [-0.05, 0) is 26.8 Å². The van der Waals surface area contributed by atoms with E-state index < -0.39 is 17.5 Å². The summed E-state index contributed by atoms with van der Waals surface area (Å²) in [6.45, 7) is 5.16. The number of aromatic nitrogens is 1. The molecule has 0 fully saturated rings. The van der Waals surface area contributed by atoms with Crippen LogP contribution in [0.4, 0.5) is 13.2 Å². The molecule has 0 amide bonds. The van der Waals surface area contributed by atoms with Gasteiger partial charge in [-0.15, -0.1) is 11.8 Å². The number of hydrogen-bond donors (Lipinski definition) is 1. The van der Waals surface area contributed by atoms with Gasteiger partial charge in [-0.3, -0.25) is 10.3 Å². The van der Waals surface area contributed by atoms with E-state index in [1.165, 1.54) is 18.7 Å². The molecule has 0 bridgehead atoms. The van der Waals surface area contributed by atoms with Crippen LogP contribution in [0.3, 0.4) is 0 Å². The maximum absolute atomic E-state index is 12.7. The monoisotopic (exact) mass is 294 g/mol. The lowest BCUT2D eigenvalue weighted by molar-refractivity contribution is -0.143. The van der Waals surface area contributed by atoms with Gasteiger partial charge in [0.1, 0.15) is 11.4 Å². The van der Waals surface area contributed by atoms with Gasteiger partial charge in [-0.1, -0.05) is 5.16 Å². The van der Waals surface area contributed by atoms with Crippen molar-refractivity contribution in [1.82, 2.24) is 10.6 Å². The molecule has 0 saturated carbocycles. The Morgan fingerprint density at radius 3 is 2.63 bits per heavy atom. The summed E-state index contributed by atoms with van der Waals surface area (Å²) in [7, 11) is 0. The van der Waals surface area contributed by atoms with E-state index in [0.29, 0.717) is 5.03 Å². The minimum absolute atomic E-state index is 0.0601. The van der Waals surface area contributed by atoms with Crippen molar-refractivity contribution in [2.75, 3.05) is 0 Å². The molecule has 0 spiro atoms. The van der Waals surface area contributed by atoms with Gasteiger partial charge in [0.25, 0.3) is 0 Å². The Balaban J connectivity index is 2.11. The highest BCUT2D eigenvalue weighted by Gasteiger charge is 2.38. The third kappa shape index (κ3) is 3.24. The van der Waals surface area contributed by atoms with Crippen molar-refractivity contribution in [2.45, 2.75) is 38.3 Å². The molecule has 2 heterocycles. The number of halogens is 3. The van der Waals surface area contributed by atoms with Crippen LogP contribution in [-0.2, 0) is 16.8 Å². The van der Waals surface area contributed by atoms with Crippen LogP contribution in [0.15, 0.2) is 15.6 Å². The van der Waals surface area contributed by atoms with Crippen molar-refractivity contribution in [1.29, 1.82) is 0 Å². The summed E-state index contributed by atoms with van der Waals surface area (Å²) < 4.78 is 42.7. The van der Waals surface area contributed by atoms with Crippen LogP contribution in [0.1, 0.15) is 30.9 Å². The molecule has 1 aromatic rings. The molecule has 19 heavy (non-hydrogen) atoms. The molecule has 106 valence electrons. The number of alkyl halides is 3. The summed E-state index contributed by atoms with van der Waals surface area (Å²) in [5, 5.41) is 3.76. The van der Waals surface area contributed by atoms with E-state index >= 15 is 0 Å². The standard InChI is InChI=1S/C11H13F3N2O2S/c1-6-7(9(16-17-6)11(12,13)14)5-19-8-4-10(2,3)18-15-8/h4,15H,5H2,1-3H3. The number of hydrogen-bond acceptors (Lipinski definition) is 5. The second kappa shape index (κ2) is 4.75. The molecule has 0 saturated heterocycles. The van der Waals surface area contributed by atoms with Crippen molar-refractivity contribution in [3.8, 4) is 0 Å². The Labute approximate surface area is 112 Å². The van der Waals surface area contributed by atoms with Gasteiger partial charge < -0.3 is 4.52 Å². The van der Waals surface area contributed by atoms with Crippen LogP contribution >= 0.6 is 11.8 Å². The summed E-state index contributed by atoms with van der Waals surface area (Å²) in [6, 6.07) is 0. The SMILES string of the molecule is Cc1onc(C(F)(F)F)c1CSC1=CC(C)(C)ON1. The van der Waals surface area contributed by atoms with Crippen LogP contribution in [0.5, 0.6) is 0 Å². The quantitative estimate of drug-likeness (QED) is 0.926.